The van der Waals surface area contributed by atoms with E-state index in [2.05, 4.69) is 15.6 Å². The number of sulfone groups is 1. The summed E-state index contributed by atoms with van der Waals surface area (Å²) in [5.74, 6) is -0.245. The van der Waals surface area contributed by atoms with Crippen molar-refractivity contribution in [2.75, 3.05) is 11.9 Å². The smallest absolute Gasteiger partial charge is 0.239 e. The predicted octanol–water partition coefficient (Wildman–Crippen LogP) is 4.38. The third-order valence-electron chi connectivity index (χ3n) is 4.76. The van der Waals surface area contributed by atoms with Gasteiger partial charge >= 0.3 is 0 Å². The van der Waals surface area contributed by atoms with Crippen LogP contribution in [0.3, 0.4) is 0 Å². The number of halogens is 1. The van der Waals surface area contributed by atoms with Crippen LogP contribution in [0.25, 0.3) is 10.9 Å². The van der Waals surface area contributed by atoms with Crippen LogP contribution in [0.2, 0.25) is 5.02 Å². The predicted molar refractivity (Wildman–Crippen MR) is 122 cm³/mol. The Morgan fingerprint density at radius 3 is 2.32 bits per heavy atom. The zero-order chi connectivity index (χ0) is 21.8. The Kier molecular flexibility index (Phi) is 6.08. The fraction of sp³-hybridized carbons (Fsp3) is 0.0870. The first-order valence-corrected chi connectivity index (χ1v) is 11.5. The van der Waals surface area contributed by atoms with Crippen molar-refractivity contribution in [3.63, 3.8) is 0 Å². The van der Waals surface area contributed by atoms with E-state index in [9.17, 15) is 13.2 Å². The fourth-order valence-electron chi connectivity index (χ4n) is 3.32. The molecule has 0 unspecified atom stereocenters. The molecule has 0 spiro atoms. The molecule has 0 saturated heterocycles. The van der Waals surface area contributed by atoms with Crippen LogP contribution >= 0.6 is 11.6 Å². The van der Waals surface area contributed by atoms with Gasteiger partial charge in [0, 0.05) is 22.5 Å². The standard InChI is InChI=1S/C23H20ClN3O3S/c24-17-11-12-20-19(13-17)22(31(29,30)18-9-5-2-6-10-18)23(26-20)27-21(28)15-25-14-16-7-3-1-4-8-16/h1-13,25-26H,14-15H2,(H,27,28). The maximum Gasteiger partial charge on any atom is 0.239 e. The van der Waals surface area contributed by atoms with Crippen molar-refractivity contribution < 1.29 is 13.2 Å². The number of fused-ring (bicyclic) bond motifs is 1. The molecule has 0 atom stereocenters. The Hall–Kier alpha value is -3.13. The molecule has 3 N–H and O–H groups in total. The van der Waals surface area contributed by atoms with Crippen molar-refractivity contribution in [1.29, 1.82) is 0 Å². The fourth-order valence-corrected chi connectivity index (χ4v) is 5.08. The molecule has 0 aliphatic rings. The monoisotopic (exact) mass is 453 g/mol. The Morgan fingerprint density at radius 2 is 1.61 bits per heavy atom. The van der Waals surface area contributed by atoms with Gasteiger partial charge in [0.2, 0.25) is 15.7 Å². The molecule has 1 amide bonds. The van der Waals surface area contributed by atoms with Crippen LogP contribution in [-0.2, 0) is 21.2 Å². The van der Waals surface area contributed by atoms with E-state index in [1.165, 1.54) is 12.1 Å². The van der Waals surface area contributed by atoms with Gasteiger partial charge < -0.3 is 15.6 Å². The molecule has 0 aliphatic carbocycles. The molecule has 8 heteroatoms. The molecular weight excluding hydrogens is 434 g/mol. The molecule has 0 fully saturated rings. The normalized spacial score (nSPS) is 11.5. The number of H-pyrrole nitrogens is 1. The van der Waals surface area contributed by atoms with Gasteiger partial charge in [-0.25, -0.2) is 8.42 Å². The topological polar surface area (TPSA) is 91.1 Å². The summed E-state index contributed by atoms with van der Waals surface area (Å²) in [6.07, 6.45) is 0. The first-order valence-electron chi connectivity index (χ1n) is 9.61. The largest absolute Gasteiger partial charge is 0.340 e. The highest BCUT2D eigenvalue weighted by Gasteiger charge is 2.27. The molecule has 3 aromatic carbocycles. The van der Waals surface area contributed by atoms with Gasteiger partial charge in [-0.3, -0.25) is 4.79 Å². The molecule has 158 valence electrons. The number of amides is 1. The van der Waals surface area contributed by atoms with E-state index in [0.717, 1.165) is 5.56 Å². The molecule has 31 heavy (non-hydrogen) atoms. The molecule has 0 radical (unpaired) electrons. The van der Waals surface area contributed by atoms with Gasteiger partial charge in [0.1, 0.15) is 10.7 Å². The quantitative estimate of drug-likeness (QED) is 0.387. The summed E-state index contributed by atoms with van der Waals surface area (Å²) < 4.78 is 26.8. The molecule has 0 aliphatic heterocycles. The van der Waals surface area contributed by atoms with Crippen molar-refractivity contribution in [2.45, 2.75) is 16.3 Å². The number of benzene rings is 3. The SMILES string of the molecule is O=C(CNCc1ccccc1)Nc1[nH]c2ccc(Cl)cc2c1S(=O)(=O)c1ccccc1. The Bertz CT molecular complexity index is 1320. The molecule has 0 saturated carbocycles. The number of hydrogen-bond donors (Lipinski definition) is 3. The van der Waals surface area contributed by atoms with Gasteiger partial charge in [0.25, 0.3) is 0 Å². The number of aromatic nitrogens is 1. The minimum Gasteiger partial charge on any atom is -0.340 e. The highest BCUT2D eigenvalue weighted by Crippen LogP contribution is 2.36. The summed E-state index contributed by atoms with van der Waals surface area (Å²) in [6.45, 7) is 0.543. The minimum absolute atomic E-state index is 0.00684. The Morgan fingerprint density at radius 1 is 0.935 bits per heavy atom. The third kappa shape index (κ3) is 4.64. The Balaban J connectivity index is 1.63. The van der Waals surface area contributed by atoms with Crippen molar-refractivity contribution in [2.24, 2.45) is 0 Å². The average Bonchev–Trinajstić information content (AvgIpc) is 3.12. The summed E-state index contributed by atoms with van der Waals surface area (Å²) in [6, 6.07) is 22.7. The van der Waals surface area contributed by atoms with Crippen molar-refractivity contribution in [3.05, 3.63) is 89.4 Å². The molecule has 6 nitrogen and oxygen atoms in total. The van der Waals surface area contributed by atoms with Crippen LogP contribution < -0.4 is 10.6 Å². The lowest BCUT2D eigenvalue weighted by Crippen LogP contribution is -2.28. The van der Waals surface area contributed by atoms with Crippen LogP contribution in [0, 0.1) is 0 Å². The molecule has 4 aromatic rings. The van der Waals surface area contributed by atoms with Crippen molar-refractivity contribution >= 4 is 44.1 Å². The average molecular weight is 454 g/mol. The summed E-state index contributed by atoms with van der Waals surface area (Å²) in [7, 11) is -3.90. The van der Waals surface area contributed by atoms with E-state index in [-0.39, 0.29) is 28.1 Å². The third-order valence-corrected chi connectivity index (χ3v) is 6.85. The lowest BCUT2D eigenvalue weighted by Gasteiger charge is -2.09. The van der Waals surface area contributed by atoms with Crippen molar-refractivity contribution in [3.8, 4) is 0 Å². The number of hydrogen-bond acceptors (Lipinski definition) is 4. The summed E-state index contributed by atoms with van der Waals surface area (Å²) in [5, 5.41) is 6.58. The number of aromatic amines is 1. The van der Waals surface area contributed by atoms with Crippen LogP contribution in [0.1, 0.15) is 5.56 Å². The van der Waals surface area contributed by atoms with Gasteiger partial charge in [0.05, 0.1) is 11.4 Å². The van der Waals surface area contributed by atoms with E-state index in [1.807, 2.05) is 30.3 Å². The molecule has 0 bridgehead atoms. The van der Waals surface area contributed by atoms with E-state index in [1.54, 1.807) is 36.4 Å². The van der Waals surface area contributed by atoms with Crippen LogP contribution in [-0.4, -0.2) is 25.9 Å². The number of carbonyl (C=O) groups excluding carboxylic acids is 1. The lowest BCUT2D eigenvalue weighted by molar-refractivity contribution is -0.115. The second-order valence-corrected chi connectivity index (χ2v) is 9.30. The minimum atomic E-state index is -3.90. The van der Waals surface area contributed by atoms with Gasteiger partial charge in [0.15, 0.2) is 0 Å². The van der Waals surface area contributed by atoms with Crippen LogP contribution in [0.15, 0.2) is 88.7 Å². The van der Waals surface area contributed by atoms with Gasteiger partial charge in [-0.1, -0.05) is 60.1 Å². The molecule has 1 heterocycles. The lowest BCUT2D eigenvalue weighted by atomic mass is 10.2. The van der Waals surface area contributed by atoms with Gasteiger partial charge in [-0.2, -0.15) is 0 Å². The van der Waals surface area contributed by atoms with Crippen molar-refractivity contribution in [1.82, 2.24) is 10.3 Å². The number of carbonyl (C=O) groups is 1. The maximum atomic E-state index is 13.4. The molecular formula is C23H20ClN3O3S. The van der Waals surface area contributed by atoms with Crippen LogP contribution in [0.5, 0.6) is 0 Å². The van der Waals surface area contributed by atoms with E-state index in [4.69, 9.17) is 11.6 Å². The number of anilines is 1. The van der Waals surface area contributed by atoms with E-state index in [0.29, 0.717) is 22.5 Å². The van der Waals surface area contributed by atoms with Crippen LogP contribution in [0.4, 0.5) is 5.82 Å². The molecule has 4 rings (SSSR count). The zero-order valence-corrected chi connectivity index (χ0v) is 18.0. The number of nitrogens with one attached hydrogen (secondary N) is 3. The molecule has 1 aromatic heterocycles. The second kappa shape index (κ2) is 8.93. The first kappa shape index (κ1) is 21.1. The highest BCUT2D eigenvalue weighted by atomic mass is 35.5. The first-order chi connectivity index (χ1) is 14.9. The summed E-state index contributed by atoms with van der Waals surface area (Å²) >= 11 is 6.12. The van der Waals surface area contributed by atoms with E-state index < -0.39 is 9.84 Å². The highest BCUT2D eigenvalue weighted by molar-refractivity contribution is 7.92. The Labute approximate surface area is 185 Å². The van der Waals surface area contributed by atoms with Gasteiger partial charge in [-0.05, 0) is 35.9 Å². The maximum absolute atomic E-state index is 13.4. The second-order valence-electron chi connectivity index (χ2n) is 6.97. The summed E-state index contributed by atoms with van der Waals surface area (Å²) in [5.41, 5.74) is 1.61. The zero-order valence-electron chi connectivity index (χ0n) is 16.4. The van der Waals surface area contributed by atoms with Gasteiger partial charge in [-0.15, -0.1) is 0 Å². The summed E-state index contributed by atoms with van der Waals surface area (Å²) in [4.78, 5) is 15.7. The van der Waals surface area contributed by atoms with E-state index >= 15 is 0 Å². The number of rotatable bonds is 7.